The third-order valence-electron chi connectivity index (χ3n) is 5.82. The quantitative estimate of drug-likeness (QED) is 0.426. The monoisotopic (exact) mass is 447 g/mol. The molecule has 0 saturated carbocycles. The summed E-state index contributed by atoms with van der Waals surface area (Å²) in [4.78, 5) is 29.1. The van der Waals surface area contributed by atoms with Crippen molar-refractivity contribution in [3.8, 4) is 11.5 Å². The van der Waals surface area contributed by atoms with Crippen LogP contribution in [0.4, 0.5) is 0 Å². The zero-order chi connectivity index (χ0) is 22.2. The Bertz CT molecular complexity index is 1360. The van der Waals surface area contributed by atoms with Crippen LogP contribution in [0.25, 0.3) is 11.0 Å². The molecule has 5 rings (SSSR count). The average molecular weight is 448 g/mol. The van der Waals surface area contributed by atoms with Crippen LogP contribution in [0.15, 0.2) is 69.2 Å². The van der Waals surface area contributed by atoms with Gasteiger partial charge in [0.05, 0.1) is 20.3 Å². The maximum atomic E-state index is 13.7. The van der Waals surface area contributed by atoms with Crippen molar-refractivity contribution in [2.24, 2.45) is 0 Å². The Morgan fingerprint density at radius 3 is 2.59 bits per heavy atom. The number of nitrogens with zero attached hydrogens (tertiary/aromatic N) is 1. The third-order valence-corrected chi connectivity index (χ3v) is 6.74. The first kappa shape index (κ1) is 20.3. The van der Waals surface area contributed by atoms with Gasteiger partial charge in [-0.2, -0.15) is 0 Å². The van der Waals surface area contributed by atoms with Crippen molar-refractivity contribution in [3.63, 3.8) is 0 Å². The SMILES string of the molecule is COc1cc2c(cc1OC)C(c1cccs1)N(C(=O)c1cc3ccccc3oc1=O)CC2. The summed E-state index contributed by atoms with van der Waals surface area (Å²) in [6.45, 7) is 0.468. The van der Waals surface area contributed by atoms with Gasteiger partial charge in [0.2, 0.25) is 0 Å². The minimum Gasteiger partial charge on any atom is -0.493 e. The number of methoxy groups -OCH3 is 2. The van der Waals surface area contributed by atoms with Gasteiger partial charge in [-0.25, -0.2) is 4.79 Å². The fourth-order valence-electron chi connectivity index (χ4n) is 4.28. The van der Waals surface area contributed by atoms with E-state index in [0.29, 0.717) is 35.4 Å². The van der Waals surface area contributed by atoms with Crippen LogP contribution in [0.5, 0.6) is 11.5 Å². The lowest BCUT2D eigenvalue weighted by Crippen LogP contribution is -2.42. The number of hydrogen-bond donors (Lipinski definition) is 0. The van der Waals surface area contributed by atoms with Gasteiger partial charge in [0.15, 0.2) is 11.5 Å². The second kappa shape index (κ2) is 8.16. The highest BCUT2D eigenvalue weighted by atomic mass is 32.1. The molecule has 0 aliphatic carbocycles. The standard InChI is InChI=1S/C25H21NO5S/c1-29-20-13-15-9-10-26(23(22-8-5-11-32-22)17(15)14-21(20)30-2)24(27)18-12-16-6-3-4-7-19(16)31-25(18)28/h3-8,11-14,23H,9-10H2,1-2H3. The Hall–Kier alpha value is -3.58. The zero-order valence-corrected chi connectivity index (χ0v) is 18.5. The van der Waals surface area contributed by atoms with Gasteiger partial charge < -0.3 is 18.8 Å². The van der Waals surface area contributed by atoms with Gasteiger partial charge in [0.25, 0.3) is 5.91 Å². The molecule has 1 amide bonds. The molecule has 0 spiro atoms. The van der Waals surface area contributed by atoms with E-state index in [9.17, 15) is 9.59 Å². The molecule has 7 heteroatoms. The van der Waals surface area contributed by atoms with Gasteiger partial charge in [0.1, 0.15) is 11.1 Å². The molecule has 6 nitrogen and oxygen atoms in total. The molecule has 0 saturated heterocycles. The fraction of sp³-hybridized carbons (Fsp3) is 0.200. The number of hydrogen-bond acceptors (Lipinski definition) is 6. The van der Waals surface area contributed by atoms with Gasteiger partial charge in [-0.3, -0.25) is 4.79 Å². The Morgan fingerprint density at radius 2 is 1.84 bits per heavy atom. The molecule has 162 valence electrons. The summed E-state index contributed by atoms with van der Waals surface area (Å²) in [7, 11) is 3.20. The van der Waals surface area contributed by atoms with Crippen molar-refractivity contribution in [2.75, 3.05) is 20.8 Å². The molecule has 4 aromatic rings. The highest BCUT2D eigenvalue weighted by molar-refractivity contribution is 7.10. The molecule has 0 N–H and O–H groups in total. The summed E-state index contributed by atoms with van der Waals surface area (Å²) < 4.78 is 16.4. The molecule has 1 unspecified atom stereocenters. The Balaban J connectivity index is 1.64. The van der Waals surface area contributed by atoms with E-state index >= 15 is 0 Å². The summed E-state index contributed by atoms with van der Waals surface area (Å²) in [6.07, 6.45) is 0.641. The van der Waals surface area contributed by atoms with E-state index in [2.05, 4.69) is 0 Å². The van der Waals surface area contributed by atoms with Crippen molar-refractivity contribution in [3.05, 3.63) is 92.0 Å². The summed E-state index contributed by atoms with van der Waals surface area (Å²) in [5, 5.41) is 2.70. The molecule has 3 heterocycles. The van der Waals surface area contributed by atoms with Gasteiger partial charge >= 0.3 is 5.63 Å². The van der Waals surface area contributed by atoms with Crippen molar-refractivity contribution >= 4 is 28.2 Å². The number of amides is 1. The molecular weight excluding hydrogens is 426 g/mol. The first-order valence-corrected chi connectivity index (χ1v) is 11.1. The number of carbonyl (C=O) groups excluding carboxylic acids is 1. The van der Waals surface area contributed by atoms with Crippen molar-refractivity contribution in [1.29, 1.82) is 0 Å². The maximum absolute atomic E-state index is 13.7. The lowest BCUT2D eigenvalue weighted by atomic mass is 9.90. The molecular formula is C25H21NO5S. The summed E-state index contributed by atoms with van der Waals surface area (Å²) >= 11 is 1.57. The van der Waals surface area contributed by atoms with E-state index in [1.54, 1.807) is 48.7 Å². The van der Waals surface area contributed by atoms with E-state index in [-0.39, 0.29) is 17.5 Å². The highest BCUT2D eigenvalue weighted by Crippen LogP contribution is 2.42. The summed E-state index contributed by atoms with van der Waals surface area (Å²) in [6, 6.07) is 16.3. The number of fused-ring (bicyclic) bond motifs is 2. The largest absolute Gasteiger partial charge is 0.493 e. The Morgan fingerprint density at radius 1 is 1.06 bits per heavy atom. The molecule has 2 aromatic carbocycles. The predicted octanol–water partition coefficient (Wildman–Crippen LogP) is 4.66. The van der Waals surface area contributed by atoms with Gasteiger partial charge in [-0.05, 0) is 53.3 Å². The smallest absolute Gasteiger partial charge is 0.349 e. The first-order chi connectivity index (χ1) is 15.6. The highest BCUT2D eigenvalue weighted by Gasteiger charge is 2.35. The van der Waals surface area contributed by atoms with E-state index in [1.807, 2.05) is 41.8 Å². The van der Waals surface area contributed by atoms with Crippen molar-refractivity contribution < 1.29 is 18.7 Å². The van der Waals surface area contributed by atoms with E-state index in [1.165, 1.54) is 0 Å². The molecule has 0 bridgehead atoms. The minimum atomic E-state index is -0.628. The number of ether oxygens (including phenoxy) is 2. The zero-order valence-electron chi connectivity index (χ0n) is 17.7. The second-order valence-corrected chi connectivity index (χ2v) is 8.54. The minimum absolute atomic E-state index is 0.0363. The van der Waals surface area contributed by atoms with Crippen LogP contribution in [-0.4, -0.2) is 31.6 Å². The van der Waals surface area contributed by atoms with Crippen LogP contribution in [0.1, 0.15) is 32.4 Å². The van der Waals surface area contributed by atoms with Gasteiger partial charge in [0, 0.05) is 16.8 Å². The van der Waals surface area contributed by atoms with Crippen LogP contribution in [-0.2, 0) is 6.42 Å². The van der Waals surface area contributed by atoms with Crippen LogP contribution in [0.2, 0.25) is 0 Å². The van der Waals surface area contributed by atoms with Crippen molar-refractivity contribution in [1.82, 2.24) is 4.90 Å². The molecule has 2 aromatic heterocycles. The van der Waals surface area contributed by atoms with Crippen LogP contribution < -0.4 is 15.1 Å². The Kier molecular flexibility index (Phi) is 5.19. The van der Waals surface area contributed by atoms with Gasteiger partial charge in [-0.1, -0.05) is 24.3 Å². The summed E-state index contributed by atoms with van der Waals surface area (Å²) in [5.41, 5.74) is 1.93. The van der Waals surface area contributed by atoms with Crippen LogP contribution in [0.3, 0.4) is 0 Å². The van der Waals surface area contributed by atoms with E-state index in [4.69, 9.17) is 13.9 Å². The fourth-order valence-corrected chi connectivity index (χ4v) is 5.14. The topological polar surface area (TPSA) is 69.0 Å². The molecule has 1 aliphatic rings. The maximum Gasteiger partial charge on any atom is 0.349 e. The molecule has 32 heavy (non-hydrogen) atoms. The van der Waals surface area contributed by atoms with E-state index in [0.717, 1.165) is 16.0 Å². The van der Waals surface area contributed by atoms with Crippen molar-refractivity contribution in [2.45, 2.75) is 12.5 Å². The number of rotatable bonds is 4. The summed E-state index contributed by atoms with van der Waals surface area (Å²) in [5.74, 6) is 0.918. The van der Waals surface area contributed by atoms with Crippen LogP contribution >= 0.6 is 11.3 Å². The third kappa shape index (κ3) is 3.35. The molecule has 1 atom stereocenters. The Labute approximate surface area is 188 Å². The number of carbonyl (C=O) groups is 1. The second-order valence-electron chi connectivity index (χ2n) is 7.56. The first-order valence-electron chi connectivity index (χ1n) is 10.2. The van der Waals surface area contributed by atoms with Crippen LogP contribution in [0, 0.1) is 0 Å². The average Bonchev–Trinajstić information content (AvgIpc) is 3.36. The van der Waals surface area contributed by atoms with E-state index < -0.39 is 5.63 Å². The molecule has 0 radical (unpaired) electrons. The normalized spacial score (nSPS) is 15.4. The van der Waals surface area contributed by atoms with Gasteiger partial charge in [-0.15, -0.1) is 11.3 Å². The number of para-hydroxylation sites is 1. The number of thiophene rings is 1. The predicted molar refractivity (Wildman–Crippen MR) is 123 cm³/mol. The number of benzene rings is 2. The molecule has 0 fully saturated rings. The lowest BCUT2D eigenvalue weighted by Gasteiger charge is -2.37. The molecule has 1 aliphatic heterocycles. The lowest BCUT2D eigenvalue weighted by molar-refractivity contribution is 0.0692.